The number of carbonyl (C=O) groups is 2. The molecule has 0 radical (unpaired) electrons. The third kappa shape index (κ3) is 4.31. The Morgan fingerprint density at radius 1 is 1.19 bits per heavy atom. The van der Waals surface area contributed by atoms with Crippen molar-refractivity contribution in [3.05, 3.63) is 53.9 Å². The molecule has 0 unspecified atom stereocenters. The normalized spacial score (nSPS) is 10.1. The molecule has 2 rings (SSSR count). The topological polar surface area (TPSA) is 99.5 Å². The van der Waals surface area contributed by atoms with Crippen molar-refractivity contribution in [2.45, 2.75) is 12.8 Å². The highest BCUT2D eigenvalue weighted by Gasteiger charge is 2.08. The zero-order valence-corrected chi connectivity index (χ0v) is 11.1. The molecule has 21 heavy (non-hydrogen) atoms. The SMILES string of the molecule is O=C(O)CCc1cccc(NC(=O)c2cncc(O)c2)c1. The van der Waals surface area contributed by atoms with Crippen LogP contribution in [0.25, 0.3) is 0 Å². The van der Waals surface area contributed by atoms with Gasteiger partial charge in [-0.1, -0.05) is 12.1 Å². The second-order valence-electron chi connectivity index (χ2n) is 4.48. The van der Waals surface area contributed by atoms with Gasteiger partial charge in [-0.05, 0) is 30.2 Å². The van der Waals surface area contributed by atoms with Crippen molar-refractivity contribution in [1.82, 2.24) is 4.98 Å². The number of aliphatic carboxylic acids is 1. The number of nitrogens with one attached hydrogen (secondary N) is 1. The van der Waals surface area contributed by atoms with Crippen LogP contribution in [0.15, 0.2) is 42.7 Å². The van der Waals surface area contributed by atoms with E-state index < -0.39 is 11.9 Å². The van der Waals surface area contributed by atoms with Crippen LogP contribution >= 0.6 is 0 Å². The predicted octanol–water partition coefficient (Wildman–Crippen LogP) is 2.06. The van der Waals surface area contributed by atoms with E-state index in [1.807, 2.05) is 0 Å². The van der Waals surface area contributed by atoms with Crippen LogP contribution in [0, 0.1) is 0 Å². The van der Waals surface area contributed by atoms with Gasteiger partial charge in [-0.25, -0.2) is 0 Å². The molecule has 3 N–H and O–H groups in total. The van der Waals surface area contributed by atoms with Gasteiger partial charge in [0.2, 0.25) is 0 Å². The molecule has 1 amide bonds. The van der Waals surface area contributed by atoms with Gasteiger partial charge in [-0.15, -0.1) is 0 Å². The molecule has 0 aliphatic carbocycles. The average molecular weight is 286 g/mol. The summed E-state index contributed by atoms with van der Waals surface area (Å²) in [5.41, 5.74) is 1.63. The summed E-state index contributed by atoms with van der Waals surface area (Å²) in [5.74, 6) is -1.35. The van der Waals surface area contributed by atoms with Crippen molar-refractivity contribution in [2.24, 2.45) is 0 Å². The molecule has 0 atom stereocenters. The summed E-state index contributed by atoms with van der Waals surface area (Å²) in [6.07, 6.45) is 3.02. The molecule has 6 nitrogen and oxygen atoms in total. The molecule has 0 saturated heterocycles. The summed E-state index contributed by atoms with van der Waals surface area (Å²) in [4.78, 5) is 26.3. The highest BCUT2D eigenvalue weighted by atomic mass is 16.4. The third-order valence-electron chi connectivity index (χ3n) is 2.80. The van der Waals surface area contributed by atoms with Crippen LogP contribution in [0.5, 0.6) is 5.75 Å². The van der Waals surface area contributed by atoms with E-state index in [1.165, 1.54) is 18.5 Å². The number of carboxylic acid groups (broad SMARTS) is 1. The number of carbonyl (C=O) groups excluding carboxylic acids is 1. The van der Waals surface area contributed by atoms with Gasteiger partial charge < -0.3 is 15.5 Å². The first-order chi connectivity index (χ1) is 10.0. The van der Waals surface area contributed by atoms with E-state index in [4.69, 9.17) is 5.11 Å². The number of rotatable bonds is 5. The van der Waals surface area contributed by atoms with Crippen molar-refractivity contribution >= 4 is 17.6 Å². The first-order valence-corrected chi connectivity index (χ1v) is 6.31. The van der Waals surface area contributed by atoms with Crippen molar-refractivity contribution in [3.8, 4) is 5.75 Å². The van der Waals surface area contributed by atoms with Gasteiger partial charge in [0.15, 0.2) is 0 Å². The summed E-state index contributed by atoms with van der Waals surface area (Å²) < 4.78 is 0. The molecule has 0 fully saturated rings. The lowest BCUT2D eigenvalue weighted by atomic mass is 10.1. The maximum absolute atomic E-state index is 12.0. The molecule has 1 aromatic carbocycles. The molecule has 108 valence electrons. The number of carboxylic acids is 1. The van der Waals surface area contributed by atoms with Gasteiger partial charge in [-0.2, -0.15) is 0 Å². The molecule has 2 aromatic rings. The van der Waals surface area contributed by atoms with Gasteiger partial charge in [0, 0.05) is 18.3 Å². The Kier molecular flexibility index (Phi) is 4.50. The lowest BCUT2D eigenvalue weighted by Crippen LogP contribution is -2.12. The maximum Gasteiger partial charge on any atom is 0.303 e. The molecule has 1 aromatic heterocycles. The smallest absolute Gasteiger partial charge is 0.303 e. The number of nitrogens with zero attached hydrogens (tertiary/aromatic N) is 1. The van der Waals surface area contributed by atoms with Gasteiger partial charge in [0.25, 0.3) is 5.91 Å². The largest absolute Gasteiger partial charge is 0.506 e. The van der Waals surface area contributed by atoms with Crippen molar-refractivity contribution in [2.75, 3.05) is 5.32 Å². The Bertz CT molecular complexity index is 670. The molecule has 0 bridgehead atoms. The van der Waals surface area contributed by atoms with Crippen molar-refractivity contribution in [3.63, 3.8) is 0 Å². The Balaban J connectivity index is 2.07. The molecule has 1 heterocycles. The molecule has 0 spiro atoms. The molecule has 0 saturated carbocycles. The Hall–Kier alpha value is -2.89. The van der Waals surface area contributed by atoms with Crippen LogP contribution in [-0.4, -0.2) is 27.1 Å². The molecule has 6 heteroatoms. The van der Waals surface area contributed by atoms with E-state index in [9.17, 15) is 14.7 Å². The minimum absolute atomic E-state index is 0.0356. The third-order valence-corrected chi connectivity index (χ3v) is 2.80. The van der Waals surface area contributed by atoms with E-state index in [-0.39, 0.29) is 17.7 Å². The van der Waals surface area contributed by atoms with E-state index in [0.29, 0.717) is 12.1 Å². The van der Waals surface area contributed by atoms with E-state index in [0.717, 1.165) is 5.56 Å². The highest BCUT2D eigenvalue weighted by molar-refractivity contribution is 6.04. The molecule has 0 aliphatic heterocycles. The minimum atomic E-state index is -0.865. The quantitative estimate of drug-likeness (QED) is 0.781. The second-order valence-corrected chi connectivity index (χ2v) is 4.48. The van der Waals surface area contributed by atoms with E-state index in [2.05, 4.69) is 10.3 Å². The first kappa shape index (κ1) is 14.5. The Morgan fingerprint density at radius 2 is 2.00 bits per heavy atom. The van der Waals surface area contributed by atoms with Crippen molar-refractivity contribution < 1.29 is 19.8 Å². The fourth-order valence-corrected chi connectivity index (χ4v) is 1.81. The average Bonchev–Trinajstić information content (AvgIpc) is 2.45. The number of hydrogen-bond acceptors (Lipinski definition) is 4. The van der Waals surface area contributed by atoms with Crippen LogP contribution < -0.4 is 5.32 Å². The van der Waals surface area contributed by atoms with Crippen LogP contribution in [0.4, 0.5) is 5.69 Å². The lowest BCUT2D eigenvalue weighted by molar-refractivity contribution is -0.136. The standard InChI is InChI=1S/C15H14N2O4/c18-13-7-11(8-16-9-13)15(21)17-12-3-1-2-10(6-12)4-5-14(19)20/h1-3,6-9,18H,4-5H2,(H,17,21)(H,19,20). The molecule has 0 aliphatic rings. The van der Waals surface area contributed by atoms with Crippen LogP contribution in [0.2, 0.25) is 0 Å². The predicted molar refractivity (Wildman–Crippen MR) is 76.3 cm³/mol. The zero-order chi connectivity index (χ0) is 15.2. The summed E-state index contributed by atoms with van der Waals surface area (Å²) in [6.45, 7) is 0. The summed E-state index contributed by atoms with van der Waals surface area (Å²) >= 11 is 0. The van der Waals surface area contributed by atoms with Crippen molar-refractivity contribution in [1.29, 1.82) is 0 Å². The lowest BCUT2D eigenvalue weighted by Gasteiger charge is -2.07. The van der Waals surface area contributed by atoms with E-state index in [1.54, 1.807) is 24.3 Å². The number of amides is 1. The fraction of sp³-hybridized carbons (Fsp3) is 0.133. The van der Waals surface area contributed by atoms with Crippen LogP contribution in [0.1, 0.15) is 22.3 Å². The summed E-state index contributed by atoms with van der Waals surface area (Å²) in [5, 5.41) is 20.6. The van der Waals surface area contributed by atoms with Crippen LogP contribution in [0.3, 0.4) is 0 Å². The molecular formula is C15H14N2O4. The first-order valence-electron chi connectivity index (χ1n) is 6.31. The molecular weight excluding hydrogens is 272 g/mol. The number of anilines is 1. The monoisotopic (exact) mass is 286 g/mol. The van der Waals surface area contributed by atoms with Gasteiger partial charge >= 0.3 is 5.97 Å². The minimum Gasteiger partial charge on any atom is -0.506 e. The Labute approximate surface area is 121 Å². The fourth-order valence-electron chi connectivity index (χ4n) is 1.81. The number of aryl methyl sites for hydroxylation is 1. The number of aromatic hydroxyl groups is 1. The van der Waals surface area contributed by atoms with Gasteiger partial charge in [0.1, 0.15) is 5.75 Å². The summed E-state index contributed by atoms with van der Waals surface area (Å²) in [7, 11) is 0. The van der Waals surface area contributed by atoms with Gasteiger partial charge in [0.05, 0.1) is 11.8 Å². The number of hydrogen-bond donors (Lipinski definition) is 3. The second kappa shape index (κ2) is 6.51. The maximum atomic E-state index is 12.0. The number of benzene rings is 1. The van der Waals surface area contributed by atoms with Gasteiger partial charge in [-0.3, -0.25) is 14.6 Å². The zero-order valence-electron chi connectivity index (χ0n) is 11.1. The Morgan fingerprint density at radius 3 is 2.71 bits per heavy atom. The van der Waals surface area contributed by atoms with Crippen LogP contribution in [-0.2, 0) is 11.2 Å². The highest BCUT2D eigenvalue weighted by Crippen LogP contribution is 2.15. The number of pyridine rings is 1. The van der Waals surface area contributed by atoms with E-state index >= 15 is 0 Å². The summed E-state index contributed by atoms with van der Waals surface area (Å²) in [6, 6.07) is 8.29. The number of aromatic nitrogens is 1.